The van der Waals surface area contributed by atoms with Crippen LogP contribution < -0.4 is 5.73 Å². The van der Waals surface area contributed by atoms with Gasteiger partial charge in [-0.25, -0.2) is 0 Å². The van der Waals surface area contributed by atoms with E-state index in [2.05, 4.69) is 0 Å². The van der Waals surface area contributed by atoms with Crippen molar-refractivity contribution in [2.45, 2.75) is 38.7 Å². The lowest BCUT2D eigenvalue weighted by atomic mass is 9.98. The van der Waals surface area contributed by atoms with E-state index < -0.39 is 5.60 Å². The van der Waals surface area contributed by atoms with Gasteiger partial charge in [-0.2, -0.15) is 0 Å². The monoisotopic (exact) mass is 262 g/mol. The first-order valence-electron chi connectivity index (χ1n) is 6.77. The van der Waals surface area contributed by atoms with E-state index >= 15 is 0 Å². The van der Waals surface area contributed by atoms with Gasteiger partial charge in [0.1, 0.15) is 0 Å². The predicted octanol–water partition coefficient (Wildman–Crippen LogP) is 1.95. The first-order valence-corrected chi connectivity index (χ1v) is 6.77. The van der Waals surface area contributed by atoms with Gasteiger partial charge in [0.2, 0.25) is 0 Å². The van der Waals surface area contributed by atoms with E-state index in [0.29, 0.717) is 30.8 Å². The summed E-state index contributed by atoms with van der Waals surface area (Å²) in [7, 11) is 0. The van der Waals surface area contributed by atoms with Gasteiger partial charge in [-0.05, 0) is 44.7 Å². The molecule has 0 saturated carbocycles. The molecule has 19 heavy (non-hydrogen) atoms. The second kappa shape index (κ2) is 5.21. The molecular formula is C15H22N2O2. The van der Waals surface area contributed by atoms with E-state index in [0.717, 1.165) is 18.4 Å². The summed E-state index contributed by atoms with van der Waals surface area (Å²) in [5.41, 5.74) is 7.30. The summed E-state index contributed by atoms with van der Waals surface area (Å²) in [6.45, 7) is 5.00. The topological polar surface area (TPSA) is 66.6 Å². The number of aryl methyl sites for hydroxylation is 1. The maximum atomic E-state index is 12.6. The van der Waals surface area contributed by atoms with Crippen molar-refractivity contribution < 1.29 is 9.90 Å². The fraction of sp³-hybridized carbons (Fsp3) is 0.533. The quantitative estimate of drug-likeness (QED) is 0.760. The molecule has 0 aromatic heterocycles. The summed E-state index contributed by atoms with van der Waals surface area (Å²) >= 11 is 0. The van der Waals surface area contributed by atoms with Crippen LogP contribution in [0.1, 0.15) is 42.1 Å². The minimum Gasteiger partial charge on any atom is -0.398 e. The molecule has 1 amide bonds. The predicted molar refractivity (Wildman–Crippen MR) is 76.0 cm³/mol. The third-order valence-electron chi connectivity index (χ3n) is 3.87. The zero-order valence-electron chi connectivity index (χ0n) is 11.6. The molecule has 1 heterocycles. The number of benzene rings is 1. The Morgan fingerprint density at radius 1 is 1.37 bits per heavy atom. The average Bonchev–Trinajstić information content (AvgIpc) is 2.50. The number of carbonyl (C=O) groups excluding carboxylic acids is 1. The lowest BCUT2D eigenvalue weighted by Gasteiger charge is -2.23. The SMILES string of the molecule is Cc1cccc(N)c1C(=O)N1CCCC(C)(O)CC1. The summed E-state index contributed by atoms with van der Waals surface area (Å²) in [4.78, 5) is 14.4. The van der Waals surface area contributed by atoms with Gasteiger partial charge < -0.3 is 15.7 Å². The normalized spacial score (nSPS) is 24.1. The Morgan fingerprint density at radius 2 is 2.11 bits per heavy atom. The van der Waals surface area contributed by atoms with Crippen LogP contribution in [-0.4, -0.2) is 34.6 Å². The summed E-state index contributed by atoms with van der Waals surface area (Å²) in [5.74, 6) is -0.0201. The van der Waals surface area contributed by atoms with E-state index in [1.54, 1.807) is 11.0 Å². The van der Waals surface area contributed by atoms with Gasteiger partial charge >= 0.3 is 0 Å². The van der Waals surface area contributed by atoms with Crippen LogP contribution in [0.3, 0.4) is 0 Å². The van der Waals surface area contributed by atoms with Crippen molar-refractivity contribution in [3.05, 3.63) is 29.3 Å². The van der Waals surface area contributed by atoms with Crippen LogP contribution in [0.15, 0.2) is 18.2 Å². The summed E-state index contributed by atoms with van der Waals surface area (Å²) in [6.07, 6.45) is 2.18. The summed E-state index contributed by atoms with van der Waals surface area (Å²) < 4.78 is 0. The van der Waals surface area contributed by atoms with Crippen LogP contribution in [0.5, 0.6) is 0 Å². The van der Waals surface area contributed by atoms with Crippen molar-refractivity contribution in [3.8, 4) is 0 Å². The molecular weight excluding hydrogens is 240 g/mol. The number of carbonyl (C=O) groups is 1. The van der Waals surface area contributed by atoms with E-state index in [4.69, 9.17) is 5.73 Å². The largest absolute Gasteiger partial charge is 0.398 e. The number of hydrogen-bond donors (Lipinski definition) is 2. The Bertz CT molecular complexity index is 463. The number of nitrogens with two attached hydrogens (primary N) is 1. The number of aliphatic hydroxyl groups is 1. The van der Waals surface area contributed by atoms with Gasteiger partial charge in [0.15, 0.2) is 0 Å². The highest BCUT2D eigenvalue weighted by atomic mass is 16.3. The van der Waals surface area contributed by atoms with E-state index in [1.807, 2.05) is 26.0 Å². The van der Waals surface area contributed by atoms with Crippen LogP contribution in [0.25, 0.3) is 0 Å². The lowest BCUT2D eigenvalue weighted by Crippen LogP contribution is -2.34. The Kier molecular flexibility index (Phi) is 3.80. The third kappa shape index (κ3) is 3.07. The van der Waals surface area contributed by atoms with Crippen LogP contribution >= 0.6 is 0 Å². The smallest absolute Gasteiger partial charge is 0.256 e. The Balaban J connectivity index is 2.20. The molecule has 4 nitrogen and oxygen atoms in total. The molecule has 1 aliphatic rings. The summed E-state index contributed by atoms with van der Waals surface area (Å²) in [5, 5.41) is 10.1. The first-order chi connectivity index (χ1) is 8.91. The molecule has 1 fully saturated rings. The van der Waals surface area contributed by atoms with Crippen LogP contribution in [-0.2, 0) is 0 Å². The molecule has 1 aromatic carbocycles. The van der Waals surface area contributed by atoms with Crippen molar-refractivity contribution in [1.82, 2.24) is 4.90 Å². The van der Waals surface area contributed by atoms with Gasteiger partial charge in [-0.15, -0.1) is 0 Å². The zero-order valence-corrected chi connectivity index (χ0v) is 11.6. The molecule has 1 atom stereocenters. The second-order valence-corrected chi connectivity index (χ2v) is 5.68. The molecule has 104 valence electrons. The van der Waals surface area contributed by atoms with Crippen molar-refractivity contribution in [2.24, 2.45) is 0 Å². The molecule has 4 heteroatoms. The number of anilines is 1. The number of nitrogen functional groups attached to an aromatic ring is 1. The van der Waals surface area contributed by atoms with Crippen molar-refractivity contribution in [2.75, 3.05) is 18.8 Å². The molecule has 1 aromatic rings. The van der Waals surface area contributed by atoms with Gasteiger partial charge in [0, 0.05) is 18.8 Å². The van der Waals surface area contributed by atoms with E-state index in [-0.39, 0.29) is 5.91 Å². The molecule has 3 N–H and O–H groups in total. The molecule has 0 aliphatic carbocycles. The van der Waals surface area contributed by atoms with E-state index in [9.17, 15) is 9.90 Å². The van der Waals surface area contributed by atoms with Crippen molar-refractivity contribution in [1.29, 1.82) is 0 Å². The average molecular weight is 262 g/mol. The van der Waals surface area contributed by atoms with Crippen molar-refractivity contribution >= 4 is 11.6 Å². The molecule has 0 bridgehead atoms. The number of amides is 1. The van der Waals surface area contributed by atoms with Crippen LogP contribution in [0, 0.1) is 6.92 Å². The molecule has 2 rings (SSSR count). The highest BCUT2D eigenvalue weighted by Gasteiger charge is 2.28. The maximum absolute atomic E-state index is 12.6. The fourth-order valence-electron chi connectivity index (χ4n) is 2.61. The molecule has 1 saturated heterocycles. The highest BCUT2D eigenvalue weighted by molar-refractivity contribution is 6.00. The molecule has 0 radical (unpaired) electrons. The Morgan fingerprint density at radius 3 is 2.79 bits per heavy atom. The first kappa shape index (κ1) is 13.9. The number of hydrogen-bond acceptors (Lipinski definition) is 3. The Hall–Kier alpha value is -1.55. The van der Waals surface area contributed by atoms with Gasteiger partial charge in [-0.1, -0.05) is 12.1 Å². The minimum absolute atomic E-state index is 0.0201. The Labute approximate surface area is 114 Å². The highest BCUT2D eigenvalue weighted by Crippen LogP contribution is 2.24. The maximum Gasteiger partial charge on any atom is 0.256 e. The standard InChI is InChI=1S/C15H22N2O2/c1-11-5-3-6-12(16)13(11)14(18)17-9-4-7-15(2,19)8-10-17/h3,5-6,19H,4,7-10,16H2,1-2H3. The van der Waals surface area contributed by atoms with Crippen LogP contribution in [0.2, 0.25) is 0 Å². The third-order valence-corrected chi connectivity index (χ3v) is 3.87. The van der Waals surface area contributed by atoms with Crippen molar-refractivity contribution in [3.63, 3.8) is 0 Å². The number of rotatable bonds is 1. The zero-order chi connectivity index (χ0) is 14.0. The summed E-state index contributed by atoms with van der Waals surface area (Å²) in [6, 6.07) is 5.51. The fourth-order valence-corrected chi connectivity index (χ4v) is 2.61. The van der Waals surface area contributed by atoms with Crippen LogP contribution in [0.4, 0.5) is 5.69 Å². The molecule has 0 spiro atoms. The molecule has 1 unspecified atom stereocenters. The van der Waals surface area contributed by atoms with Gasteiger partial charge in [-0.3, -0.25) is 4.79 Å². The van der Waals surface area contributed by atoms with E-state index in [1.165, 1.54) is 0 Å². The van der Waals surface area contributed by atoms with Gasteiger partial charge in [0.25, 0.3) is 5.91 Å². The number of likely N-dealkylation sites (tertiary alicyclic amines) is 1. The molecule has 1 aliphatic heterocycles. The number of nitrogens with zero attached hydrogens (tertiary/aromatic N) is 1. The van der Waals surface area contributed by atoms with Gasteiger partial charge in [0.05, 0.1) is 11.2 Å². The minimum atomic E-state index is -0.660. The lowest BCUT2D eigenvalue weighted by molar-refractivity contribution is 0.0438. The second-order valence-electron chi connectivity index (χ2n) is 5.68.